The van der Waals surface area contributed by atoms with Crippen LogP contribution in [0, 0.1) is 0 Å². The number of nitrogens with zero attached hydrogens (tertiary/aromatic N) is 3. The van der Waals surface area contributed by atoms with E-state index in [9.17, 15) is 0 Å². The Morgan fingerprint density at radius 3 is 1.68 bits per heavy atom. The van der Waals surface area contributed by atoms with Gasteiger partial charge in [0.15, 0.2) is 0 Å². The Morgan fingerprint density at radius 1 is 0.446 bits per heavy atom. The third-order valence-corrected chi connectivity index (χ3v) is 16.5. The van der Waals surface area contributed by atoms with Gasteiger partial charge in [-0.2, -0.15) is 0 Å². The van der Waals surface area contributed by atoms with E-state index in [2.05, 4.69) is 279 Å². The van der Waals surface area contributed by atoms with Crippen molar-refractivity contribution in [3.8, 4) is 22.3 Å². The zero-order valence-electron chi connectivity index (χ0n) is 44.7. The fraction of sp³-hybridized carbons (Fsp3) is 0.217. The van der Waals surface area contributed by atoms with E-state index >= 15 is 0 Å². The second-order valence-corrected chi connectivity index (χ2v) is 24.7. The normalized spacial score (nSPS) is 14.4. The molecular formula is C69H64BN3O. The number of benzene rings is 9. The van der Waals surface area contributed by atoms with Crippen LogP contribution in [0.5, 0.6) is 0 Å². The van der Waals surface area contributed by atoms with E-state index in [-0.39, 0.29) is 28.5 Å². The second kappa shape index (κ2) is 16.1. The smallest absolute Gasteiger partial charge is 0.333 e. The lowest BCUT2D eigenvalue weighted by molar-refractivity contribution is 0.590. The quantitative estimate of drug-likeness (QED) is 0.160. The van der Waals surface area contributed by atoms with Gasteiger partial charge in [-0.05, 0) is 151 Å². The monoisotopic (exact) mass is 962 g/mol. The summed E-state index contributed by atoms with van der Waals surface area (Å²) in [6.45, 7) is 25.3. The van der Waals surface area contributed by atoms with Crippen LogP contribution >= 0.6 is 0 Å². The lowest BCUT2D eigenvalue weighted by atomic mass is 9.42. The second-order valence-electron chi connectivity index (χ2n) is 24.7. The molecule has 0 amide bonds. The Balaban J connectivity index is 1.16. The number of furan rings is 1. The van der Waals surface area contributed by atoms with Crippen LogP contribution in [0.1, 0.15) is 104 Å². The molecule has 3 aliphatic rings. The van der Waals surface area contributed by atoms with Gasteiger partial charge in [-0.25, -0.2) is 0 Å². The van der Waals surface area contributed by atoms with Crippen molar-refractivity contribution >= 4 is 85.2 Å². The highest BCUT2D eigenvalue weighted by atomic mass is 16.3. The lowest BCUT2D eigenvalue weighted by Gasteiger charge is -2.47. The SMILES string of the molecule is CC(C)(C)c1ccc(N2B3c4ccc(N(c5ccccc5)c5ccc(C(C)(C)C)cc5)cc4N(c4ccc(C(C)(C)C)cc4)c4cc5c(c(c43)-c3cc4c(cc32)oc2ccccc24)C(C)(C)c2ccccc2-5)cc1. The Labute approximate surface area is 438 Å². The van der Waals surface area contributed by atoms with Crippen LogP contribution in [-0.2, 0) is 21.7 Å². The first-order chi connectivity index (χ1) is 35.4. The van der Waals surface area contributed by atoms with Gasteiger partial charge in [-0.3, -0.25) is 0 Å². The maximum absolute atomic E-state index is 6.83. The Kier molecular flexibility index (Phi) is 10.0. The minimum atomic E-state index is -0.288. The molecule has 2 aliphatic heterocycles. The highest BCUT2D eigenvalue weighted by molar-refractivity contribution is 6.93. The summed E-state index contributed by atoms with van der Waals surface area (Å²) in [6, 6.07) is 71.1. The number of rotatable bonds is 5. The molecule has 1 aliphatic carbocycles. The maximum Gasteiger partial charge on any atom is 0.333 e. The van der Waals surface area contributed by atoms with Gasteiger partial charge in [0.2, 0.25) is 0 Å². The lowest BCUT2D eigenvalue weighted by Crippen LogP contribution is -2.62. The van der Waals surface area contributed by atoms with Crippen LogP contribution < -0.4 is 25.5 Å². The van der Waals surface area contributed by atoms with Crippen molar-refractivity contribution in [2.75, 3.05) is 14.6 Å². The average molecular weight is 962 g/mol. The first-order valence-electron chi connectivity index (χ1n) is 26.5. The fourth-order valence-electron chi connectivity index (χ4n) is 12.6. The predicted molar refractivity (Wildman–Crippen MR) is 316 cm³/mol. The molecule has 74 heavy (non-hydrogen) atoms. The Morgan fingerprint density at radius 2 is 1.01 bits per heavy atom. The number of para-hydroxylation sites is 2. The van der Waals surface area contributed by atoms with Gasteiger partial charge in [0, 0.05) is 73.3 Å². The first kappa shape index (κ1) is 46.1. The van der Waals surface area contributed by atoms with Crippen molar-refractivity contribution in [1.82, 2.24) is 0 Å². The van der Waals surface area contributed by atoms with E-state index in [4.69, 9.17) is 4.42 Å². The molecule has 0 saturated heterocycles. The molecule has 0 radical (unpaired) electrons. The summed E-state index contributed by atoms with van der Waals surface area (Å²) >= 11 is 0. The topological polar surface area (TPSA) is 22.9 Å². The first-order valence-corrected chi connectivity index (χ1v) is 26.5. The standard InChI is InChI=1S/C69H64BN3O/c1-66(2,3)43-25-31-47(32-26-43)71(46-19-13-12-14-20-46)50-37-38-57-59(39-50)72(48-33-27-44(28-34-48)67(4,5)6)60-41-54-51-21-15-17-23-56(51)69(10,11)64(54)63-55-40-53-52-22-16-18-24-61(52)74-62(53)42-58(55)73(70(57)65(60)63)49-35-29-45(30-36-49)68(7,8)9/h12-42H,1-11H3. The van der Waals surface area contributed by atoms with Crippen molar-refractivity contribution in [1.29, 1.82) is 0 Å². The highest BCUT2D eigenvalue weighted by Gasteiger charge is 2.50. The molecule has 1 aromatic heterocycles. The van der Waals surface area contributed by atoms with Crippen LogP contribution in [0.25, 0.3) is 44.2 Å². The molecule has 0 N–H and O–H groups in total. The van der Waals surface area contributed by atoms with Gasteiger partial charge in [0.25, 0.3) is 0 Å². The third-order valence-electron chi connectivity index (χ3n) is 16.5. The molecule has 364 valence electrons. The molecule has 0 spiro atoms. The molecule has 3 heterocycles. The number of hydrogen-bond acceptors (Lipinski definition) is 4. The van der Waals surface area contributed by atoms with Gasteiger partial charge < -0.3 is 19.0 Å². The van der Waals surface area contributed by atoms with Gasteiger partial charge in [-0.15, -0.1) is 0 Å². The van der Waals surface area contributed by atoms with Crippen molar-refractivity contribution in [3.05, 3.63) is 216 Å². The summed E-state index contributed by atoms with van der Waals surface area (Å²) in [5.74, 6) is 0. The largest absolute Gasteiger partial charge is 0.456 e. The number of fused-ring (bicyclic) bond motifs is 11. The fourth-order valence-corrected chi connectivity index (χ4v) is 12.6. The summed E-state index contributed by atoms with van der Waals surface area (Å²) in [5, 5.41) is 2.26. The molecule has 13 rings (SSSR count). The van der Waals surface area contributed by atoms with E-state index in [1.54, 1.807) is 0 Å². The van der Waals surface area contributed by atoms with Crippen molar-refractivity contribution in [2.45, 2.75) is 97.8 Å². The molecule has 9 aromatic carbocycles. The minimum absolute atomic E-state index is 0.00570. The van der Waals surface area contributed by atoms with Crippen LogP contribution in [-0.4, -0.2) is 6.85 Å². The predicted octanol–water partition coefficient (Wildman–Crippen LogP) is 18.0. The van der Waals surface area contributed by atoms with Gasteiger partial charge >= 0.3 is 6.85 Å². The molecule has 4 nitrogen and oxygen atoms in total. The summed E-state index contributed by atoms with van der Waals surface area (Å²) in [7, 11) is 0. The molecular weight excluding hydrogens is 898 g/mol. The average Bonchev–Trinajstić information content (AvgIpc) is 3.86. The van der Waals surface area contributed by atoms with Crippen molar-refractivity contribution < 1.29 is 4.42 Å². The number of hydrogen-bond donors (Lipinski definition) is 0. The van der Waals surface area contributed by atoms with Crippen molar-refractivity contribution in [2.24, 2.45) is 0 Å². The van der Waals surface area contributed by atoms with Gasteiger partial charge in [-0.1, -0.05) is 179 Å². The van der Waals surface area contributed by atoms with Gasteiger partial charge in [0.1, 0.15) is 11.2 Å². The summed E-state index contributed by atoms with van der Waals surface area (Å²) in [6.07, 6.45) is 0. The maximum atomic E-state index is 6.83. The molecule has 0 atom stereocenters. The molecule has 10 aromatic rings. The zero-order chi connectivity index (χ0) is 51.2. The van der Waals surface area contributed by atoms with E-state index in [0.717, 1.165) is 61.8 Å². The van der Waals surface area contributed by atoms with Crippen molar-refractivity contribution in [3.63, 3.8) is 0 Å². The molecule has 0 fully saturated rings. The molecule has 5 heteroatoms. The van der Waals surface area contributed by atoms with E-state index in [1.807, 2.05) is 0 Å². The summed E-state index contributed by atoms with van der Waals surface area (Å²) in [5.41, 5.74) is 25.0. The molecule has 0 saturated carbocycles. The van der Waals surface area contributed by atoms with E-state index in [0.29, 0.717) is 0 Å². The van der Waals surface area contributed by atoms with Crippen LogP contribution in [0.4, 0.5) is 45.5 Å². The Hall–Kier alpha value is -7.76. The van der Waals surface area contributed by atoms with E-state index in [1.165, 1.54) is 66.7 Å². The number of anilines is 8. The third kappa shape index (κ3) is 7.03. The van der Waals surface area contributed by atoms with Gasteiger partial charge in [0.05, 0.1) is 0 Å². The van der Waals surface area contributed by atoms with Crippen LogP contribution in [0.3, 0.4) is 0 Å². The van der Waals surface area contributed by atoms with Crippen LogP contribution in [0.15, 0.2) is 192 Å². The van der Waals surface area contributed by atoms with Crippen LogP contribution in [0.2, 0.25) is 0 Å². The van der Waals surface area contributed by atoms with E-state index < -0.39 is 0 Å². The molecule has 0 bridgehead atoms. The summed E-state index contributed by atoms with van der Waals surface area (Å²) < 4.78 is 6.83. The minimum Gasteiger partial charge on any atom is -0.456 e. The Bertz CT molecular complexity index is 3860. The summed E-state index contributed by atoms with van der Waals surface area (Å²) in [4.78, 5) is 7.66. The molecule has 0 unspecified atom stereocenters. The zero-order valence-corrected chi connectivity index (χ0v) is 44.7. The highest BCUT2D eigenvalue weighted by Crippen LogP contribution is 2.58.